The fourth-order valence-corrected chi connectivity index (χ4v) is 3.45. The van der Waals surface area contributed by atoms with E-state index in [1.165, 1.54) is 71.6 Å². The summed E-state index contributed by atoms with van der Waals surface area (Å²) in [5.74, 6) is 0.985. The SMILES string of the molecule is CCN1CCN(CCC2CCN(C(C)C)CC2)CC1. The first-order valence-electron chi connectivity index (χ1n) is 8.37. The molecule has 2 aliphatic rings. The molecule has 2 saturated heterocycles. The highest BCUT2D eigenvalue weighted by atomic mass is 15.3. The van der Waals surface area contributed by atoms with Gasteiger partial charge in [-0.3, -0.25) is 0 Å². The predicted molar refractivity (Wildman–Crippen MR) is 82.6 cm³/mol. The molecule has 0 aliphatic carbocycles. The molecule has 112 valence electrons. The highest BCUT2D eigenvalue weighted by molar-refractivity contribution is 4.77. The van der Waals surface area contributed by atoms with E-state index in [1.807, 2.05) is 0 Å². The molecule has 2 aliphatic heterocycles. The Bertz CT molecular complexity index is 238. The van der Waals surface area contributed by atoms with Crippen LogP contribution in [0.3, 0.4) is 0 Å². The van der Waals surface area contributed by atoms with Gasteiger partial charge in [0.25, 0.3) is 0 Å². The van der Waals surface area contributed by atoms with Gasteiger partial charge in [0.05, 0.1) is 0 Å². The Morgan fingerprint density at radius 3 is 2.00 bits per heavy atom. The number of hydrogen-bond donors (Lipinski definition) is 0. The van der Waals surface area contributed by atoms with Crippen molar-refractivity contribution in [3.05, 3.63) is 0 Å². The van der Waals surface area contributed by atoms with Crippen LogP contribution in [0.15, 0.2) is 0 Å². The summed E-state index contributed by atoms with van der Waals surface area (Å²) in [5.41, 5.74) is 0. The molecule has 3 heteroatoms. The van der Waals surface area contributed by atoms with Gasteiger partial charge >= 0.3 is 0 Å². The summed E-state index contributed by atoms with van der Waals surface area (Å²) in [7, 11) is 0. The standard InChI is InChI=1S/C16H33N3/c1-4-17-11-13-18(14-12-17)8-5-16-6-9-19(10-7-16)15(2)3/h15-16H,4-14H2,1-3H3. The third-order valence-electron chi connectivity index (χ3n) is 5.15. The van der Waals surface area contributed by atoms with E-state index >= 15 is 0 Å². The highest BCUT2D eigenvalue weighted by Crippen LogP contribution is 2.22. The molecule has 2 fully saturated rings. The quantitative estimate of drug-likeness (QED) is 0.755. The van der Waals surface area contributed by atoms with Crippen LogP contribution in [-0.4, -0.2) is 73.1 Å². The molecule has 2 rings (SSSR count). The molecule has 3 nitrogen and oxygen atoms in total. The summed E-state index contributed by atoms with van der Waals surface area (Å²) in [6, 6.07) is 0.739. The van der Waals surface area contributed by atoms with E-state index in [9.17, 15) is 0 Å². The Morgan fingerprint density at radius 1 is 0.895 bits per heavy atom. The lowest BCUT2D eigenvalue weighted by Gasteiger charge is -2.37. The fourth-order valence-electron chi connectivity index (χ4n) is 3.45. The Hall–Kier alpha value is -0.120. The van der Waals surface area contributed by atoms with Crippen molar-refractivity contribution in [2.24, 2.45) is 5.92 Å². The van der Waals surface area contributed by atoms with Gasteiger partial charge in [0, 0.05) is 32.2 Å². The minimum atomic E-state index is 0.739. The van der Waals surface area contributed by atoms with Crippen molar-refractivity contribution in [3.63, 3.8) is 0 Å². The second-order valence-corrected chi connectivity index (χ2v) is 6.64. The van der Waals surface area contributed by atoms with Gasteiger partial charge in [-0.1, -0.05) is 6.92 Å². The van der Waals surface area contributed by atoms with Crippen molar-refractivity contribution >= 4 is 0 Å². The minimum Gasteiger partial charge on any atom is -0.301 e. The largest absolute Gasteiger partial charge is 0.301 e. The van der Waals surface area contributed by atoms with E-state index in [2.05, 4.69) is 35.5 Å². The fraction of sp³-hybridized carbons (Fsp3) is 1.00. The van der Waals surface area contributed by atoms with Crippen molar-refractivity contribution < 1.29 is 0 Å². The summed E-state index contributed by atoms with van der Waals surface area (Å²) in [4.78, 5) is 7.88. The first-order valence-corrected chi connectivity index (χ1v) is 8.37. The van der Waals surface area contributed by atoms with Crippen molar-refractivity contribution in [1.82, 2.24) is 14.7 Å². The molecule has 0 amide bonds. The lowest BCUT2D eigenvalue weighted by molar-refractivity contribution is 0.111. The minimum absolute atomic E-state index is 0.739. The van der Waals surface area contributed by atoms with Crippen LogP contribution >= 0.6 is 0 Å². The predicted octanol–water partition coefficient (Wildman–Crippen LogP) is 2.13. The number of nitrogens with zero attached hydrogens (tertiary/aromatic N) is 3. The van der Waals surface area contributed by atoms with Gasteiger partial charge in [-0.2, -0.15) is 0 Å². The number of likely N-dealkylation sites (tertiary alicyclic amines) is 1. The monoisotopic (exact) mass is 267 g/mol. The highest BCUT2D eigenvalue weighted by Gasteiger charge is 2.22. The van der Waals surface area contributed by atoms with E-state index in [0.29, 0.717) is 0 Å². The number of hydrogen-bond acceptors (Lipinski definition) is 3. The zero-order valence-electron chi connectivity index (χ0n) is 13.3. The van der Waals surface area contributed by atoms with Gasteiger partial charge in [0.1, 0.15) is 0 Å². The molecule has 0 bridgehead atoms. The van der Waals surface area contributed by atoms with E-state index in [0.717, 1.165) is 12.0 Å². The third-order valence-corrected chi connectivity index (χ3v) is 5.15. The van der Waals surface area contributed by atoms with Crippen molar-refractivity contribution in [2.75, 3.05) is 52.4 Å². The maximum absolute atomic E-state index is 2.68. The summed E-state index contributed by atoms with van der Waals surface area (Å²) < 4.78 is 0. The van der Waals surface area contributed by atoms with Gasteiger partial charge in [-0.05, 0) is 65.2 Å². The second kappa shape index (κ2) is 7.61. The second-order valence-electron chi connectivity index (χ2n) is 6.64. The Kier molecular flexibility index (Phi) is 6.11. The number of piperazine rings is 1. The molecule has 2 heterocycles. The molecule has 0 aromatic carbocycles. The first kappa shape index (κ1) is 15.3. The van der Waals surface area contributed by atoms with Crippen molar-refractivity contribution in [3.8, 4) is 0 Å². The van der Waals surface area contributed by atoms with Crippen molar-refractivity contribution in [1.29, 1.82) is 0 Å². The van der Waals surface area contributed by atoms with E-state index in [1.54, 1.807) is 0 Å². The van der Waals surface area contributed by atoms with Crippen LogP contribution in [0.4, 0.5) is 0 Å². The lowest BCUT2D eigenvalue weighted by Crippen LogP contribution is -2.46. The molecule has 0 spiro atoms. The van der Waals surface area contributed by atoms with Crippen LogP contribution in [0.25, 0.3) is 0 Å². The van der Waals surface area contributed by atoms with Crippen LogP contribution < -0.4 is 0 Å². The van der Waals surface area contributed by atoms with Gasteiger partial charge in [0.2, 0.25) is 0 Å². The van der Waals surface area contributed by atoms with Gasteiger partial charge < -0.3 is 14.7 Å². The molecule has 0 atom stereocenters. The molecule has 0 aromatic heterocycles. The zero-order valence-corrected chi connectivity index (χ0v) is 13.3. The maximum atomic E-state index is 2.68. The molecule has 0 unspecified atom stereocenters. The molecule has 0 N–H and O–H groups in total. The number of piperidine rings is 1. The van der Waals surface area contributed by atoms with Crippen LogP contribution in [0.1, 0.15) is 40.0 Å². The summed E-state index contributed by atoms with van der Waals surface area (Å²) >= 11 is 0. The van der Waals surface area contributed by atoms with Gasteiger partial charge in [-0.25, -0.2) is 0 Å². The number of rotatable bonds is 5. The normalized spacial score (nSPS) is 25.3. The van der Waals surface area contributed by atoms with Crippen LogP contribution in [0, 0.1) is 5.92 Å². The van der Waals surface area contributed by atoms with Gasteiger partial charge in [-0.15, -0.1) is 0 Å². The molecule has 0 radical (unpaired) electrons. The maximum Gasteiger partial charge on any atom is 0.0110 e. The third kappa shape index (κ3) is 4.73. The molecule has 0 saturated carbocycles. The summed E-state index contributed by atoms with van der Waals surface area (Å²) in [6.45, 7) is 17.3. The smallest absolute Gasteiger partial charge is 0.0110 e. The molecule has 19 heavy (non-hydrogen) atoms. The Morgan fingerprint density at radius 2 is 1.47 bits per heavy atom. The molecular formula is C16H33N3. The van der Waals surface area contributed by atoms with E-state index < -0.39 is 0 Å². The zero-order chi connectivity index (χ0) is 13.7. The van der Waals surface area contributed by atoms with Crippen LogP contribution in [-0.2, 0) is 0 Å². The Labute approximate surface area is 119 Å². The van der Waals surface area contributed by atoms with Gasteiger partial charge in [0.15, 0.2) is 0 Å². The molecule has 0 aromatic rings. The van der Waals surface area contributed by atoms with Crippen LogP contribution in [0.2, 0.25) is 0 Å². The topological polar surface area (TPSA) is 9.72 Å². The van der Waals surface area contributed by atoms with Crippen molar-refractivity contribution in [2.45, 2.75) is 46.1 Å². The summed E-state index contributed by atoms with van der Waals surface area (Å²) in [5, 5.41) is 0. The Balaban J connectivity index is 1.59. The molecular weight excluding hydrogens is 234 g/mol. The van der Waals surface area contributed by atoms with Crippen LogP contribution in [0.5, 0.6) is 0 Å². The summed E-state index contributed by atoms with van der Waals surface area (Å²) in [6.07, 6.45) is 4.28. The average Bonchev–Trinajstić information content (AvgIpc) is 2.46. The average molecular weight is 267 g/mol. The first-order chi connectivity index (χ1) is 9.19. The lowest BCUT2D eigenvalue weighted by atomic mass is 9.92. The van der Waals surface area contributed by atoms with E-state index in [-0.39, 0.29) is 0 Å². The number of likely N-dealkylation sites (N-methyl/N-ethyl adjacent to an activating group) is 1. The van der Waals surface area contributed by atoms with E-state index in [4.69, 9.17) is 0 Å².